The van der Waals surface area contributed by atoms with Gasteiger partial charge in [0.25, 0.3) is 5.69 Å². The van der Waals surface area contributed by atoms with Gasteiger partial charge in [0.15, 0.2) is 0 Å². The number of halogens is 2. The Balaban J connectivity index is 2.47. The van der Waals surface area contributed by atoms with Crippen molar-refractivity contribution in [3.05, 3.63) is 62.4 Å². The summed E-state index contributed by atoms with van der Waals surface area (Å²) in [5.41, 5.74) is 5.83. The summed E-state index contributed by atoms with van der Waals surface area (Å²) in [5, 5.41) is 10.9. The van der Waals surface area contributed by atoms with Gasteiger partial charge in [-0.1, -0.05) is 12.1 Å². The van der Waals surface area contributed by atoms with Crippen molar-refractivity contribution < 1.29 is 14.1 Å². The fourth-order valence-electron chi connectivity index (χ4n) is 1.89. The molecule has 0 radical (unpaired) electrons. The Morgan fingerprint density at radius 3 is 2.52 bits per heavy atom. The molecule has 1 atom stereocenters. The molecule has 2 N–H and O–H groups in total. The van der Waals surface area contributed by atoms with Gasteiger partial charge >= 0.3 is 0 Å². The normalized spacial score (nSPS) is 12.0. The summed E-state index contributed by atoms with van der Waals surface area (Å²) in [6.45, 7) is 1.63. The van der Waals surface area contributed by atoms with E-state index in [1.54, 1.807) is 19.1 Å². The zero-order valence-electron chi connectivity index (χ0n) is 11.0. The van der Waals surface area contributed by atoms with Crippen molar-refractivity contribution in [2.24, 2.45) is 5.73 Å². The summed E-state index contributed by atoms with van der Waals surface area (Å²) >= 11 is 3.13. The number of ether oxygens (including phenoxy) is 1. The lowest BCUT2D eigenvalue weighted by Gasteiger charge is -2.15. The maximum Gasteiger partial charge on any atom is 0.287 e. The molecule has 0 aliphatic carbocycles. The second-order valence-corrected chi connectivity index (χ2v) is 5.18. The molecule has 0 unspecified atom stereocenters. The highest BCUT2D eigenvalue weighted by Crippen LogP contribution is 2.38. The first kappa shape index (κ1) is 15.4. The van der Waals surface area contributed by atoms with Gasteiger partial charge in [-0.2, -0.15) is 0 Å². The van der Waals surface area contributed by atoms with Crippen molar-refractivity contribution in [1.82, 2.24) is 0 Å². The molecule has 0 amide bonds. The third kappa shape index (κ3) is 3.20. The third-order valence-corrected chi connectivity index (χ3v) is 3.62. The van der Waals surface area contributed by atoms with Crippen LogP contribution in [-0.4, -0.2) is 4.92 Å². The predicted octanol–water partition coefficient (Wildman–Crippen LogP) is 4.31. The average molecular weight is 355 g/mol. The molecule has 0 saturated heterocycles. The van der Waals surface area contributed by atoms with Gasteiger partial charge < -0.3 is 10.5 Å². The zero-order valence-corrected chi connectivity index (χ0v) is 12.6. The van der Waals surface area contributed by atoms with Gasteiger partial charge in [0.1, 0.15) is 21.8 Å². The summed E-state index contributed by atoms with van der Waals surface area (Å²) in [7, 11) is 0. The van der Waals surface area contributed by atoms with Crippen LogP contribution in [0, 0.1) is 15.9 Å². The lowest BCUT2D eigenvalue weighted by atomic mass is 10.1. The molecule has 0 bridgehead atoms. The Bertz CT molecular complexity index is 692. The van der Waals surface area contributed by atoms with Crippen molar-refractivity contribution in [3.63, 3.8) is 0 Å². The number of hydrogen-bond donors (Lipinski definition) is 1. The molecule has 2 aromatic rings. The molecule has 0 aliphatic heterocycles. The molecule has 7 heteroatoms. The van der Waals surface area contributed by atoms with E-state index >= 15 is 0 Å². The lowest BCUT2D eigenvalue weighted by Crippen LogP contribution is -2.09. The second-order valence-electron chi connectivity index (χ2n) is 4.39. The Morgan fingerprint density at radius 2 is 1.90 bits per heavy atom. The molecule has 0 saturated carbocycles. The molecule has 0 spiro atoms. The van der Waals surface area contributed by atoms with E-state index in [0.717, 1.165) is 0 Å². The average Bonchev–Trinajstić information content (AvgIpc) is 2.40. The van der Waals surface area contributed by atoms with Crippen LogP contribution in [0.4, 0.5) is 10.1 Å². The van der Waals surface area contributed by atoms with Crippen molar-refractivity contribution in [1.29, 1.82) is 0 Å². The molecule has 0 aliphatic rings. The van der Waals surface area contributed by atoms with Crippen LogP contribution in [0.5, 0.6) is 11.5 Å². The van der Waals surface area contributed by atoms with Crippen molar-refractivity contribution in [3.8, 4) is 11.5 Å². The number of nitrogens with zero attached hydrogens (tertiary/aromatic N) is 1. The molecule has 2 rings (SSSR count). The van der Waals surface area contributed by atoms with Gasteiger partial charge in [-0.15, -0.1) is 0 Å². The van der Waals surface area contributed by atoms with Crippen molar-refractivity contribution in [2.75, 3.05) is 0 Å². The van der Waals surface area contributed by atoms with E-state index in [1.807, 2.05) is 0 Å². The SMILES string of the molecule is C[C@H](N)c1c(F)cccc1Oc1cccc([N+](=O)[O-])c1Br. The summed E-state index contributed by atoms with van der Waals surface area (Å²) in [6, 6.07) is 8.15. The van der Waals surface area contributed by atoms with Crippen LogP contribution in [0.25, 0.3) is 0 Å². The summed E-state index contributed by atoms with van der Waals surface area (Å²) < 4.78 is 19.6. The quantitative estimate of drug-likeness (QED) is 0.655. The highest BCUT2D eigenvalue weighted by molar-refractivity contribution is 9.10. The highest BCUT2D eigenvalue weighted by atomic mass is 79.9. The van der Waals surface area contributed by atoms with Gasteiger partial charge in [0.05, 0.1) is 4.92 Å². The van der Waals surface area contributed by atoms with E-state index < -0.39 is 16.8 Å². The number of hydrogen-bond acceptors (Lipinski definition) is 4. The molecule has 0 heterocycles. The Hall–Kier alpha value is -1.99. The van der Waals surface area contributed by atoms with E-state index in [4.69, 9.17) is 10.5 Å². The lowest BCUT2D eigenvalue weighted by molar-refractivity contribution is -0.385. The predicted molar refractivity (Wildman–Crippen MR) is 79.9 cm³/mol. The zero-order chi connectivity index (χ0) is 15.6. The highest BCUT2D eigenvalue weighted by Gasteiger charge is 2.19. The van der Waals surface area contributed by atoms with Gasteiger partial charge in [-0.3, -0.25) is 10.1 Å². The fraction of sp³-hybridized carbons (Fsp3) is 0.143. The van der Waals surface area contributed by atoms with Crippen LogP contribution in [-0.2, 0) is 0 Å². The van der Waals surface area contributed by atoms with E-state index in [1.165, 1.54) is 24.3 Å². The topological polar surface area (TPSA) is 78.4 Å². The van der Waals surface area contributed by atoms with Gasteiger partial charge in [0.2, 0.25) is 0 Å². The van der Waals surface area contributed by atoms with Crippen LogP contribution in [0.1, 0.15) is 18.5 Å². The van der Waals surface area contributed by atoms with Gasteiger partial charge in [-0.05, 0) is 41.1 Å². The molecule has 5 nitrogen and oxygen atoms in total. The number of rotatable bonds is 4. The number of benzene rings is 2. The van der Waals surface area contributed by atoms with Crippen LogP contribution in [0.3, 0.4) is 0 Å². The maximum absolute atomic E-state index is 13.8. The monoisotopic (exact) mass is 354 g/mol. The number of nitro benzene ring substituents is 1. The Morgan fingerprint density at radius 1 is 1.29 bits per heavy atom. The molecule has 0 aromatic heterocycles. The first-order chi connectivity index (χ1) is 9.91. The first-order valence-electron chi connectivity index (χ1n) is 6.06. The summed E-state index contributed by atoms with van der Waals surface area (Å²) in [6.07, 6.45) is 0. The van der Waals surface area contributed by atoms with Crippen molar-refractivity contribution >= 4 is 21.6 Å². The van der Waals surface area contributed by atoms with E-state index in [2.05, 4.69) is 15.9 Å². The first-order valence-corrected chi connectivity index (χ1v) is 6.86. The second kappa shape index (κ2) is 6.19. The molecular weight excluding hydrogens is 343 g/mol. The minimum Gasteiger partial charge on any atom is -0.455 e. The van der Waals surface area contributed by atoms with E-state index in [9.17, 15) is 14.5 Å². The largest absolute Gasteiger partial charge is 0.455 e. The fourth-order valence-corrected chi connectivity index (χ4v) is 2.38. The molecule has 21 heavy (non-hydrogen) atoms. The van der Waals surface area contributed by atoms with E-state index in [0.29, 0.717) is 0 Å². The maximum atomic E-state index is 13.8. The van der Waals surface area contributed by atoms with Crippen molar-refractivity contribution in [2.45, 2.75) is 13.0 Å². The minimum atomic E-state index is -0.571. The van der Waals surface area contributed by atoms with Gasteiger partial charge in [-0.25, -0.2) is 4.39 Å². The molecule has 110 valence electrons. The Labute approximate surface area is 128 Å². The third-order valence-electron chi connectivity index (χ3n) is 2.83. The summed E-state index contributed by atoms with van der Waals surface area (Å²) in [5.74, 6) is -0.0352. The van der Waals surface area contributed by atoms with Crippen LogP contribution in [0.15, 0.2) is 40.9 Å². The molecule has 0 fully saturated rings. The van der Waals surface area contributed by atoms with Gasteiger partial charge in [0, 0.05) is 17.7 Å². The van der Waals surface area contributed by atoms with Crippen LogP contribution in [0.2, 0.25) is 0 Å². The standard InChI is InChI=1S/C14H12BrFN2O3/c1-8(17)13-9(16)4-2-6-11(13)21-12-7-3-5-10(14(12)15)18(19)20/h2-8H,17H2,1H3/t8-/m0/s1. The van der Waals surface area contributed by atoms with E-state index in [-0.39, 0.29) is 27.2 Å². The molecule has 2 aromatic carbocycles. The molecular formula is C14H12BrFN2O3. The number of nitro groups is 1. The smallest absolute Gasteiger partial charge is 0.287 e. The minimum absolute atomic E-state index is 0.133. The number of nitrogens with two attached hydrogens (primary N) is 1. The van der Waals surface area contributed by atoms with Crippen LogP contribution < -0.4 is 10.5 Å². The summed E-state index contributed by atoms with van der Waals surface area (Å²) in [4.78, 5) is 10.4. The Kier molecular flexibility index (Phi) is 4.54. The van der Waals surface area contributed by atoms with Crippen LogP contribution >= 0.6 is 15.9 Å².